The molecule has 6 heteroatoms. The first kappa shape index (κ1) is 21.6. The van der Waals surface area contributed by atoms with Gasteiger partial charge in [-0.2, -0.15) is 0 Å². The van der Waals surface area contributed by atoms with Gasteiger partial charge in [-0.15, -0.1) is 0 Å². The standard InChI is InChI=1S/C25H33N3O3/c1-16-11-13-28(14-12-16)22-21(23(29)24(22)30)26-15-18-7-9-19(10-8-18)25(31)27-20-6-4-3-5-17(20)2/h7-10,16-17,20,26H,3-6,11-15H2,1-2H3,(H,27,31)/t17-,20+/m1/s1. The minimum atomic E-state index is -0.425. The third-order valence-electron chi connectivity index (χ3n) is 7.10. The first-order chi connectivity index (χ1) is 14.9. The van der Waals surface area contributed by atoms with E-state index in [4.69, 9.17) is 0 Å². The van der Waals surface area contributed by atoms with Crippen molar-refractivity contribution in [3.05, 3.63) is 55.8 Å². The highest BCUT2D eigenvalue weighted by atomic mass is 16.2. The maximum atomic E-state index is 12.6. The number of hydrogen-bond donors (Lipinski definition) is 2. The molecule has 0 bridgehead atoms. The first-order valence-corrected chi connectivity index (χ1v) is 11.7. The van der Waals surface area contributed by atoms with Gasteiger partial charge in [0.1, 0.15) is 11.4 Å². The van der Waals surface area contributed by atoms with E-state index in [2.05, 4.69) is 24.5 Å². The van der Waals surface area contributed by atoms with Crippen LogP contribution < -0.4 is 26.4 Å². The maximum Gasteiger partial charge on any atom is 0.253 e. The van der Waals surface area contributed by atoms with Crippen molar-refractivity contribution in [2.24, 2.45) is 11.8 Å². The normalized spacial score (nSPS) is 22.5. The molecule has 166 valence electrons. The first-order valence-electron chi connectivity index (χ1n) is 11.7. The monoisotopic (exact) mass is 423 g/mol. The lowest BCUT2D eigenvalue weighted by atomic mass is 9.86. The van der Waals surface area contributed by atoms with Crippen LogP contribution in [0.2, 0.25) is 0 Å². The molecule has 4 rings (SSSR count). The van der Waals surface area contributed by atoms with Gasteiger partial charge in [0.15, 0.2) is 0 Å². The minimum Gasteiger partial charge on any atom is -0.376 e. The summed E-state index contributed by atoms with van der Waals surface area (Å²) in [6.07, 6.45) is 6.73. The highest BCUT2D eigenvalue weighted by Crippen LogP contribution is 2.27. The second kappa shape index (κ2) is 9.25. The van der Waals surface area contributed by atoms with Crippen molar-refractivity contribution in [3.63, 3.8) is 0 Å². The molecule has 2 N–H and O–H groups in total. The molecule has 2 fully saturated rings. The molecule has 1 aliphatic carbocycles. The van der Waals surface area contributed by atoms with E-state index in [9.17, 15) is 14.4 Å². The van der Waals surface area contributed by atoms with Crippen LogP contribution in [-0.2, 0) is 6.54 Å². The smallest absolute Gasteiger partial charge is 0.253 e. The summed E-state index contributed by atoms with van der Waals surface area (Å²) >= 11 is 0. The maximum absolute atomic E-state index is 12.6. The van der Waals surface area contributed by atoms with Crippen LogP contribution >= 0.6 is 0 Å². The Labute approximate surface area is 183 Å². The molecule has 1 amide bonds. The summed E-state index contributed by atoms with van der Waals surface area (Å²) in [5, 5.41) is 6.34. The fourth-order valence-corrected chi connectivity index (χ4v) is 4.82. The molecule has 1 heterocycles. The molecule has 6 nitrogen and oxygen atoms in total. The number of carbonyl (C=O) groups is 1. The molecule has 2 aromatic carbocycles. The van der Waals surface area contributed by atoms with Gasteiger partial charge in [0.05, 0.1) is 0 Å². The lowest BCUT2D eigenvalue weighted by molar-refractivity contribution is 0.0910. The van der Waals surface area contributed by atoms with Crippen LogP contribution in [0.3, 0.4) is 0 Å². The van der Waals surface area contributed by atoms with E-state index in [0.29, 0.717) is 35.3 Å². The number of rotatable bonds is 6. The Balaban J connectivity index is 1.35. The number of nitrogens with one attached hydrogen (secondary N) is 2. The van der Waals surface area contributed by atoms with Crippen LogP contribution in [0.25, 0.3) is 0 Å². The highest BCUT2D eigenvalue weighted by Gasteiger charge is 2.28. The zero-order valence-electron chi connectivity index (χ0n) is 18.6. The van der Waals surface area contributed by atoms with Gasteiger partial charge in [-0.25, -0.2) is 0 Å². The van der Waals surface area contributed by atoms with E-state index in [0.717, 1.165) is 37.9 Å². The molecular weight excluding hydrogens is 390 g/mol. The van der Waals surface area contributed by atoms with Crippen molar-refractivity contribution < 1.29 is 4.79 Å². The Kier molecular flexibility index (Phi) is 6.44. The number of amides is 1. The molecule has 1 saturated heterocycles. The Morgan fingerprint density at radius 2 is 1.65 bits per heavy atom. The largest absolute Gasteiger partial charge is 0.376 e. The van der Waals surface area contributed by atoms with Crippen molar-refractivity contribution in [1.82, 2.24) is 5.32 Å². The van der Waals surface area contributed by atoms with Crippen molar-refractivity contribution in [2.75, 3.05) is 23.3 Å². The van der Waals surface area contributed by atoms with Gasteiger partial charge in [0, 0.05) is 31.2 Å². The summed E-state index contributed by atoms with van der Waals surface area (Å²) in [6, 6.07) is 7.72. The molecule has 2 atom stereocenters. The average Bonchev–Trinajstić information content (AvgIpc) is 2.79. The molecule has 0 spiro atoms. The number of benzene rings is 1. The predicted molar refractivity (Wildman–Crippen MR) is 125 cm³/mol. The van der Waals surface area contributed by atoms with Gasteiger partial charge in [0.2, 0.25) is 0 Å². The summed E-state index contributed by atoms with van der Waals surface area (Å²) in [7, 11) is 0. The van der Waals surface area contributed by atoms with Gasteiger partial charge in [-0.1, -0.05) is 38.8 Å². The van der Waals surface area contributed by atoms with Crippen LogP contribution in [0, 0.1) is 11.8 Å². The van der Waals surface area contributed by atoms with Crippen molar-refractivity contribution in [1.29, 1.82) is 0 Å². The van der Waals surface area contributed by atoms with Crippen LogP contribution in [0.4, 0.5) is 11.4 Å². The molecule has 2 aliphatic rings. The fraction of sp³-hybridized carbons (Fsp3) is 0.560. The molecule has 0 aromatic heterocycles. The van der Waals surface area contributed by atoms with E-state index in [-0.39, 0.29) is 17.4 Å². The van der Waals surface area contributed by atoms with Crippen LogP contribution in [0.5, 0.6) is 0 Å². The number of anilines is 2. The molecule has 0 radical (unpaired) electrons. The Morgan fingerprint density at radius 1 is 0.968 bits per heavy atom. The Bertz CT molecular complexity index is 983. The van der Waals surface area contributed by atoms with Gasteiger partial charge in [0.25, 0.3) is 16.8 Å². The van der Waals surface area contributed by atoms with E-state index in [1.165, 1.54) is 19.3 Å². The van der Waals surface area contributed by atoms with Gasteiger partial charge < -0.3 is 15.5 Å². The van der Waals surface area contributed by atoms with Gasteiger partial charge >= 0.3 is 0 Å². The molecule has 0 unspecified atom stereocenters. The molecule has 1 saturated carbocycles. The summed E-state index contributed by atoms with van der Waals surface area (Å²) < 4.78 is 0. The SMILES string of the molecule is CC1CCN(c2c(NCc3ccc(C(=O)N[C@H]4CCCC[C@H]4C)cc3)c(=O)c2=O)CC1. The van der Waals surface area contributed by atoms with Crippen molar-refractivity contribution in [3.8, 4) is 0 Å². The van der Waals surface area contributed by atoms with Gasteiger partial charge in [-0.3, -0.25) is 14.4 Å². The number of hydrogen-bond acceptors (Lipinski definition) is 5. The zero-order valence-corrected chi connectivity index (χ0v) is 18.6. The zero-order chi connectivity index (χ0) is 22.0. The molecule has 2 aromatic rings. The molecule has 31 heavy (non-hydrogen) atoms. The molecule has 1 aliphatic heterocycles. The highest BCUT2D eigenvalue weighted by molar-refractivity contribution is 5.94. The lowest BCUT2D eigenvalue weighted by Crippen LogP contribution is -2.45. The van der Waals surface area contributed by atoms with E-state index in [1.54, 1.807) is 0 Å². The topological polar surface area (TPSA) is 78.5 Å². The predicted octanol–water partition coefficient (Wildman–Crippen LogP) is 3.44. The summed E-state index contributed by atoms with van der Waals surface area (Å²) in [5.74, 6) is 1.16. The Morgan fingerprint density at radius 3 is 2.32 bits per heavy atom. The third-order valence-corrected chi connectivity index (χ3v) is 7.10. The van der Waals surface area contributed by atoms with E-state index >= 15 is 0 Å². The number of carbonyl (C=O) groups excluding carboxylic acids is 1. The van der Waals surface area contributed by atoms with Crippen LogP contribution in [0.15, 0.2) is 33.9 Å². The quantitative estimate of drug-likeness (QED) is 0.696. The van der Waals surface area contributed by atoms with E-state index in [1.807, 2.05) is 29.2 Å². The summed E-state index contributed by atoms with van der Waals surface area (Å²) in [4.78, 5) is 38.9. The van der Waals surface area contributed by atoms with Gasteiger partial charge in [-0.05, 0) is 55.2 Å². The van der Waals surface area contributed by atoms with Crippen LogP contribution in [0.1, 0.15) is 68.3 Å². The average molecular weight is 424 g/mol. The Hall–Kier alpha value is -2.63. The lowest BCUT2D eigenvalue weighted by Gasteiger charge is -2.33. The number of nitrogens with zero attached hydrogens (tertiary/aromatic N) is 1. The van der Waals surface area contributed by atoms with Crippen LogP contribution in [-0.4, -0.2) is 25.0 Å². The van der Waals surface area contributed by atoms with Crippen molar-refractivity contribution in [2.45, 2.75) is 65.0 Å². The van der Waals surface area contributed by atoms with E-state index < -0.39 is 5.43 Å². The fourth-order valence-electron chi connectivity index (χ4n) is 4.82. The molecular formula is C25H33N3O3. The number of piperidine rings is 1. The minimum absolute atomic E-state index is 0.0256. The third kappa shape index (κ3) is 4.68. The summed E-state index contributed by atoms with van der Waals surface area (Å²) in [6.45, 7) is 6.52. The van der Waals surface area contributed by atoms with Crippen molar-refractivity contribution >= 4 is 17.3 Å². The second-order valence-electron chi connectivity index (χ2n) is 9.44. The second-order valence-corrected chi connectivity index (χ2v) is 9.44. The summed E-state index contributed by atoms with van der Waals surface area (Å²) in [5.41, 5.74) is 1.81.